The molecule has 1 rings (SSSR count). The van der Waals surface area contributed by atoms with Crippen molar-refractivity contribution >= 4 is 0 Å². The van der Waals surface area contributed by atoms with Crippen LogP contribution < -0.4 is 5.32 Å². The van der Waals surface area contributed by atoms with E-state index >= 15 is 0 Å². The van der Waals surface area contributed by atoms with Gasteiger partial charge in [0.15, 0.2) is 0 Å². The molecule has 0 aromatic carbocycles. The second-order valence-corrected chi connectivity index (χ2v) is 5.42. The smallest absolute Gasteiger partial charge is 0.129 e. The lowest BCUT2D eigenvalue weighted by atomic mass is 10.2. The Kier molecular flexibility index (Phi) is 8.59. The molecule has 3 heteroatoms. The molecule has 0 amide bonds. The number of ether oxygens (including phenoxy) is 1. The fourth-order valence-corrected chi connectivity index (χ4v) is 1.90. The zero-order valence-electron chi connectivity index (χ0n) is 12.7. The van der Waals surface area contributed by atoms with Crippen LogP contribution in [0.2, 0.25) is 0 Å². The fourth-order valence-electron chi connectivity index (χ4n) is 1.90. The second-order valence-electron chi connectivity index (χ2n) is 5.42. The SMILES string of the molecule is CCCCCCCOCc1cc(CNC(C)C)co1. The molecular weight excluding hydrogens is 238 g/mol. The summed E-state index contributed by atoms with van der Waals surface area (Å²) in [5.74, 6) is 0.925. The van der Waals surface area contributed by atoms with E-state index in [1.807, 2.05) is 6.26 Å². The Morgan fingerprint density at radius 1 is 1.21 bits per heavy atom. The first-order valence-corrected chi connectivity index (χ1v) is 7.59. The van der Waals surface area contributed by atoms with Gasteiger partial charge in [-0.15, -0.1) is 0 Å². The summed E-state index contributed by atoms with van der Waals surface area (Å²) in [6.07, 6.45) is 8.20. The van der Waals surface area contributed by atoms with Crippen LogP contribution in [0.25, 0.3) is 0 Å². The average Bonchev–Trinajstić information content (AvgIpc) is 2.83. The van der Waals surface area contributed by atoms with Crippen LogP contribution >= 0.6 is 0 Å². The van der Waals surface area contributed by atoms with Crippen molar-refractivity contribution in [3.8, 4) is 0 Å². The highest BCUT2D eigenvalue weighted by atomic mass is 16.5. The van der Waals surface area contributed by atoms with Crippen LogP contribution in [0.4, 0.5) is 0 Å². The molecule has 0 saturated carbocycles. The van der Waals surface area contributed by atoms with Crippen LogP contribution in [0.5, 0.6) is 0 Å². The molecule has 0 unspecified atom stereocenters. The van der Waals surface area contributed by atoms with Crippen molar-refractivity contribution in [2.45, 2.75) is 72.1 Å². The number of furan rings is 1. The predicted octanol–water partition coefficient (Wildman–Crippen LogP) is 4.26. The largest absolute Gasteiger partial charge is 0.467 e. The zero-order chi connectivity index (χ0) is 13.9. The molecule has 0 aliphatic carbocycles. The Balaban J connectivity index is 2.06. The summed E-state index contributed by atoms with van der Waals surface area (Å²) in [5.41, 5.74) is 1.19. The lowest BCUT2D eigenvalue weighted by molar-refractivity contribution is 0.102. The molecule has 3 nitrogen and oxygen atoms in total. The van der Waals surface area contributed by atoms with Gasteiger partial charge in [0.1, 0.15) is 12.4 Å². The van der Waals surface area contributed by atoms with Gasteiger partial charge in [-0.1, -0.05) is 46.5 Å². The molecule has 0 spiro atoms. The lowest BCUT2D eigenvalue weighted by Gasteiger charge is -2.04. The molecule has 1 aromatic rings. The van der Waals surface area contributed by atoms with Crippen molar-refractivity contribution in [1.82, 2.24) is 5.32 Å². The lowest BCUT2D eigenvalue weighted by Crippen LogP contribution is -2.21. The van der Waals surface area contributed by atoms with Crippen molar-refractivity contribution < 1.29 is 9.15 Å². The minimum atomic E-state index is 0.498. The van der Waals surface area contributed by atoms with E-state index in [4.69, 9.17) is 9.15 Å². The van der Waals surface area contributed by atoms with Gasteiger partial charge in [-0.3, -0.25) is 0 Å². The maximum atomic E-state index is 5.62. The minimum Gasteiger partial charge on any atom is -0.467 e. The summed E-state index contributed by atoms with van der Waals surface area (Å²) in [6.45, 7) is 8.81. The third kappa shape index (κ3) is 8.06. The maximum absolute atomic E-state index is 5.62. The summed E-state index contributed by atoms with van der Waals surface area (Å²) >= 11 is 0. The van der Waals surface area contributed by atoms with E-state index in [2.05, 4.69) is 32.2 Å². The van der Waals surface area contributed by atoms with Gasteiger partial charge < -0.3 is 14.5 Å². The molecule has 1 heterocycles. The molecule has 19 heavy (non-hydrogen) atoms. The Hall–Kier alpha value is -0.800. The summed E-state index contributed by atoms with van der Waals surface area (Å²) in [5, 5.41) is 3.37. The van der Waals surface area contributed by atoms with Gasteiger partial charge >= 0.3 is 0 Å². The Morgan fingerprint density at radius 3 is 2.74 bits per heavy atom. The van der Waals surface area contributed by atoms with Crippen molar-refractivity contribution in [2.24, 2.45) is 0 Å². The van der Waals surface area contributed by atoms with Crippen molar-refractivity contribution in [2.75, 3.05) is 6.61 Å². The molecule has 1 N–H and O–H groups in total. The number of hydrogen-bond acceptors (Lipinski definition) is 3. The first-order valence-electron chi connectivity index (χ1n) is 7.59. The number of nitrogens with one attached hydrogen (secondary N) is 1. The molecule has 0 bridgehead atoms. The monoisotopic (exact) mass is 267 g/mol. The molecule has 0 aliphatic heterocycles. The summed E-state index contributed by atoms with van der Waals surface area (Å²) in [6, 6.07) is 2.57. The van der Waals surface area contributed by atoms with Crippen molar-refractivity contribution in [1.29, 1.82) is 0 Å². The Labute approximate surface area is 117 Å². The maximum Gasteiger partial charge on any atom is 0.129 e. The quantitative estimate of drug-likeness (QED) is 0.608. The van der Waals surface area contributed by atoms with Crippen LogP contribution in [0, 0.1) is 0 Å². The summed E-state index contributed by atoms with van der Waals surface area (Å²) in [4.78, 5) is 0. The highest BCUT2D eigenvalue weighted by molar-refractivity contribution is 5.12. The van der Waals surface area contributed by atoms with E-state index in [9.17, 15) is 0 Å². The number of rotatable bonds is 11. The number of hydrogen-bond donors (Lipinski definition) is 1. The highest BCUT2D eigenvalue weighted by Crippen LogP contribution is 2.10. The standard InChI is InChI=1S/C16H29NO2/c1-4-5-6-7-8-9-18-13-16-10-15(12-19-16)11-17-14(2)3/h10,12,14,17H,4-9,11,13H2,1-3H3. The van der Waals surface area contributed by atoms with Crippen molar-refractivity contribution in [3.63, 3.8) is 0 Å². The normalized spacial score (nSPS) is 11.4. The first-order chi connectivity index (χ1) is 9.22. The molecule has 0 aliphatic rings. The van der Waals surface area contributed by atoms with E-state index in [0.717, 1.165) is 25.3 Å². The summed E-state index contributed by atoms with van der Waals surface area (Å²) in [7, 11) is 0. The molecule has 110 valence electrons. The third-order valence-electron chi connectivity index (χ3n) is 3.06. The predicted molar refractivity (Wildman–Crippen MR) is 79.1 cm³/mol. The van der Waals surface area contributed by atoms with E-state index in [1.54, 1.807) is 0 Å². The van der Waals surface area contributed by atoms with E-state index < -0.39 is 0 Å². The topological polar surface area (TPSA) is 34.4 Å². The van der Waals surface area contributed by atoms with E-state index in [0.29, 0.717) is 12.6 Å². The molecule has 0 saturated heterocycles. The van der Waals surface area contributed by atoms with Crippen LogP contribution in [0.15, 0.2) is 16.7 Å². The van der Waals surface area contributed by atoms with Gasteiger partial charge in [0.25, 0.3) is 0 Å². The average molecular weight is 267 g/mol. The fraction of sp³-hybridized carbons (Fsp3) is 0.750. The van der Waals surface area contributed by atoms with Gasteiger partial charge in [-0.2, -0.15) is 0 Å². The second kappa shape index (κ2) is 10.0. The molecular formula is C16H29NO2. The Morgan fingerprint density at radius 2 is 2.00 bits per heavy atom. The highest BCUT2D eigenvalue weighted by Gasteiger charge is 2.02. The van der Waals surface area contributed by atoms with Gasteiger partial charge in [0.2, 0.25) is 0 Å². The third-order valence-corrected chi connectivity index (χ3v) is 3.06. The van der Waals surface area contributed by atoms with Gasteiger partial charge in [-0.25, -0.2) is 0 Å². The number of unbranched alkanes of at least 4 members (excludes halogenated alkanes) is 4. The van der Waals surface area contributed by atoms with Crippen molar-refractivity contribution in [3.05, 3.63) is 23.7 Å². The molecule has 1 aromatic heterocycles. The zero-order valence-corrected chi connectivity index (χ0v) is 12.7. The van der Waals surface area contributed by atoms with Crippen LogP contribution in [0.3, 0.4) is 0 Å². The first kappa shape index (κ1) is 16.3. The van der Waals surface area contributed by atoms with Crippen LogP contribution in [-0.2, 0) is 17.9 Å². The molecule has 0 atom stereocenters. The Bertz CT molecular complexity index is 320. The molecule has 0 fully saturated rings. The van der Waals surface area contributed by atoms with Gasteiger partial charge in [-0.05, 0) is 12.5 Å². The summed E-state index contributed by atoms with van der Waals surface area (Å²) < 4.78 is 11.1. The van der Waals surface area contributed by atoms with Crippen LogP contribution in [-0.4, -0.2) is 12.6 Å². The van der Waals surface area contributed by atoms with Crippen LogP contribution in [0.1, 0.15) is 64.2 Å². The van der Waals surface area contributed by atoms with E-state index in [1.165, 1.54) is 31.2 Å². The minimum absolute atomic E-state index is 0.498. The van der Waals surface area contributed by atoms with E-state index in [-0.39, 0.29) is 0 Å². The molecule has 0 radical (unpaired) electrons. The van der Waals surface area contributed by atoms with Gasteiger partial charge in [0.05, 0.1) is 6.26 Å². The van der Waals surface area contributed by atoms with Gasteiger partial charge in [0, 0.05) is 24.8 Å².